The van der Waals surface area contributed by atoms with E-state index in [1.54, 1.807) is 0 Å². The maximum absolute atomic E-state index is 5.97. The summed E-state index contributed by atoms with van der Waals surface area (Å²) in [6, 6.07) is 0. The van der Waals surface area contributed by atoms with Crippen LogP contribution in [0.3, 0.4) is 0 Å². The lowest BCUT2D eigenvalue weighted by Crippen LogP contribution is -2.10. The summed E-state index contributed by atoms with van der Waals surface area (Å²) in [5.41, 5.74) is 1.13. The Morgan fingerprint density at radius 3 is 3.25 bits per heavy atom. The average Bonchev–Trinajstić information content (AvgIpc) is 2.56. The Morgan fingerprint density at radius 1 is 1.67 bits per heavy atom. The number of hydrogen-bond donors (Lipinski definition) is 1. The van der Waals surface area contributed by atoms with E-state index in [0.717, 1.165) is 31.0 Å². The molecule has 0 amide bonds. The first-order valence-electron chi connectivity index (χ1n) is 4.21. The minimum atomic E-state index is 0.666. The van der Waals surface area contributed by atoms with Gasteiger partial charge in [0.15, 0.2) is 5.15 Å². The molecule has 2 rings (SSSR count). The molecule has 0 spiro atoms. The van der Waals surface area contributed by atoms with Crippen LogP contribution in [0.4, 0.5) is 0 Å². The van der Waals surface area contributed by atoms with Crippen molar-refractivity contribution in [3.63, 3.8) is 0 Å². The molecule has 2 heterocycles. The number of halogens is 1. The number of nitrogens with one attached hydrogen (secondary N) is 1. The Bertz CT molecular complexity index is 293. The molecule has 4 heteroatoms. The molecule has 1 aliphatic heterocycles. The van der Waals surface area contributed by atoms with Gasteiger partial charge in [-0.15, -0.1) is 0 Å². The van der Waals surface area contributed by atoms with Crippen LogP contribution in [0.5, 0.6) is 0 Å². The second-order valence-corrected chi connectivity index (χ2v) is 3.41. The van der Waals surface area contributed by atoms with Gasteiger partial charge in [-0.3, -0.25) is 0 Å². The monoisotopic (exact) mass is 185 g/mol. The van der Waals surface area contributed by atoms with Crippen LogP contribution in [0.1, 0.15) is 17.9 Å². The van der Waals surface area contributed by atoms with Gasteiger partial charge >= 0.3 is 0 Å². The van der Waals surface area contributed by atoms with Crippen molar-refractivity contribution in [1.29, 1.82) is 0 Å². The molecule has 1 N–H and O–H groups in total. The summed E-state index contributed by atoms with van der Waals surface area (Å²) >= 11 is 5.97. The fraction of sp³-hybridized carbons (Fsp3) is 0.625. The lowest BCUT2D eigenvalue weighted by atomic mass is 10.4. The largest absolute Gasteiger partial charge is 0.330 e. The van der Waals surface area contributed by atoms with Crippen LogP contribution >= 0.6 is 11.6 Å². The summed E-state index contributed by atoms with van der Waals surface area (Å²) in [7, 11) is 1.92. The molecule has 0 saturated carbocycles. The Morgan fingerprint density at radius 2 is 2.50 bits per heavy atom. The molecule has 0 saturated heterocycles. The molecule has 0 unspecified atom stereocenters. The first-order valence-corrected chi connectivity index (χ1v) is 4.59. The quantitative estimate of drug-likeness (QED) is 0.751. The standard InChI is InChI=1S/C8H12ClN3/c1-10-5-6-8(9)11-7-3-2-4-12(6)7/h10H,2-5H2,1H3. The molecule has 0 aliphatic carbocycles. The first-order chi connectivity index (χ1) is 5.83. The number of nitrogens with zero attached hydrogens (tertiary/aromatic N) is 2. The number of aryl methyl sites for hydroxylation is 1. The van der Waals surface area contributed by atoms with E-state index in [1.807, 2.05) is 7.05 Å². The summed E-state index contributed by atoms with van der Waals surface area (Å²) in [5, 5.41) is 3.76. The molecule has 3 nitrogen and oxygen atoms in total. The minimum absolute atomic E-state index is 0.666. The zero-order chi connectivity index (χ0) is 8.55. The molecule has 1 aliphatic rings. The molecule has 1 aromatic rings. The molecule has 0 atom stereocenters. The van der Waals surface area contributed by atoms with Gasteiger partial charge in [-0.2, -0.15) is 0 Å². The van der Waals surface area contributed by atoms with Crippen LogP contribution in [-0.4, -0.2) is 16.6 Å². The van der Waals surface area contributed by atoms with E-state index in [9.17, 15) is 0 Å². The number of imidazole rings is 1. The van der Waals surface area contributed by atoms with E-state index < -0.39 is 0 Å². The fourth-order valence-electron chi connectivity index (χ4n) is 1.69. The van der Waals surface area contributed by atoms with Gasteiger partial charge in [0.2, 0.25) is 0 Å². The smallest absolute Gasteiger partial charge is 0.151 e. The van der Waals surface area contributed by atoms with Gasteiger partial charge in [0.1, 0.15) is 5.82 Å². The molecule has 1 aromatic heterocycles. The molecule has 0 radical (unpaired) electrons. The number of rotatable bonds is 2. The van der Waals surface area contributed by atoms with E-state index in [4.69, 9.17) is 11.6 Å². The number of fused-ring (bicyclic) bond motifs is 1. The summed E-state index contributed by atoms with van der Waals surface area (Å²) in [6.07, 6.45) is 2.28. The molecular weight excluding hydrogens is 174 g/mol. The Kier molecular flexibility index (Phi) is 2.07. The van der Waals surface area contributed by atoms with E-state index in [1.165, 1.54) is 6.42 Å². The summed E-state index contributed by atoms with van der Waals surface area (Å²) < 4.78 is 2.22. The first kappa shape index (κ1) is 8.08. The van der Waals surface area contributed by atoms with E-state index in [2.05, 4.69) is 14.9 Å². The topological polar surface area (TPSA) is 29.9 Å². The number of aromatic nitrogens is 2. The minimum Gasteiger partial charge on any atom is -0.330 e. The van der Waals surface area contributed by atoms with Crippen molar-refractivity contribution in [2.75, 3.05) is 7.05 Å². The van der Waals surface area contributed by atoms with Gasteiger partial charge in [-0.25, -0.2) is 4.98 Å². The molecule has 12 heavy (non-hydrogen) atoms. The summed E-state index contributed by atoms with van der Waals surface area (Å²) in [4.78, 5) is 4.30. The third kappa shape index (κ3) is 1.13. The van der Waals surface area contributed by atoms with Crippen LogP contribution in [0.25, 0.3) is 0 Å². The summed E-state index contributed by atoms with van der Waals surface area (Å²) in [6.45, 7) is 1.89. The van der Waals surface area contributed by atoms with Gasteiger partial charge in [-0.05, 0) is 13.5 Å². The second-order valence-electron chi connectivity index (χ2n) is 3.05. The molecule has 0 aromatic carbocycles. The lowest BCUT2D eigenvalue weighted by Gasteiger charge is -2.03. The highest BCUT2D eigenvalue weighted by Crippen LogP contribution is 2.23. The zero-order valence-corrected chi connectivity index (χ0v) is 7.86. The van der Waals surface area contributed by atoms with Gasteiger partial charge in [-0.1, -0.05) is 11.6 Å². The van der Waals surface area contributed by atoms with Gasteiger partial charge in [0.25, 0.3) is 0 Å². The molecule has 0 bridgehead atoms. The van der Waals surface area contributed by atoms with Crippen molar-refractivity contribution in [2.45, 2.75) is 25.9 Å². The van der Waals surface area contributed by atoms with Gasteiger partial charge in [0.05, 0.1) is 5.69 Å². The third-order valence-electron chi connectivity index (χ3n) is 2.23. The Hall–Kier alpha value is -0.540. The van der Waals surface area contributed by atoms with Crippen LogP contribution in [0.15, 0.2) is 0 Å². The molecular formula is C8H12ClN3. The highest BCUT2D eigenvalue weighted by molar-refractivity contribution is 6.30. The van der Waals surface area contributed by atoms with Crippen LogP contribution in [0, 0.1) is 0 Å². The van der Waals surface area contributed by atoms with Crippen molar-refractivity contribution in [1.82, 2.24) is 14.9 Å². The van der Waals surface area contributed by atoms with E-state index in [-0.39, 0.29) is 0 Å². The van der Waals surface area contributed by atoms with E-state index in [0.29, 0.717) is 5.15 Å². The van der Waals surface area contributed by atoms with Crippen molar-refractivity contribution in [2.24, 2.45) is 0 Å². The van der Waals surface area contributed by atoms with Crippen LogP contribution in [-0.2, 0) is 19.5 Å². The molecule has 0 fully saturated rings. The maximum Gasteiger partial charge on any atom is 0.151 e. The average molecular weight is 186 g/mol. The highest BCUT2D eigenvalue weighted by atomic mass is 35.5. The maximum atomic E-state index is 5.97. The van der Waals surface area contributed by atoms with Crippen molar-refractivity contribution < 1.29 is 0 Å². The normalized spacial score (nSPS) is 15.2. The lowest BCUT2D eigenvalue weighted by molar-refractivity contribution is 0.673. The zero-order valence-electron chi connectivity index (χ0n) is 7.10. The summed E-state index contributed by atoms with van der Waals surface area (Å²) in [5.74, 6) is 1.14. The Labute approximate surface area is 76.7 Å². The number of hydrogen-bond acceptors (Lipinski definition) is 2. The predicted molar refractivity (Wildman–Crippen MR) is 48.3 cm³/mol. The highest BCUT2D eigenvalue weighted by Gasteiger charge is 2.18. The Balaban J connectivity index is 2.38. The van der Waals surface area contributed by atoms with Crippen LogP contribution < -0.4 is 5.32 Å². The second kappa shape index (κ2) is 3.07. The van der Waals surface area contributed by atoms with Gasteiger partial charge in [0, 0.05) is 19.5 Å². The fourth-order valence-corrected chi connectivity index (χ4v) is 1.96. The van der Waals surface area contributed by atoms with Crippen molar-refractivity contribution in [3.8, 4) is 0 Å². The third-order valence-corrected chi connectivity index (χ3v) is 2.53. The van der Waals surface area contributed by atoms with E-state index >= 15 is 0 Å². The van der Waals surface area contributed by atoms with Crippen molar-refractivity contribution in [3.05, 3.63) is 16.7 Å². The van der Waals surface area contributed by atoms with Crippen LogP contribution in [0.2, 0.25) is 5.15 Å². The SMILES string of the molecule is CNCc1c(Cl)nc2n1CCC2. The predicted octanol–water partition coefficient (Wildman–Crippen LogP) is 1.20. The van der Waals surface area contributed by atoms with Gasteiger partial charge < -0.3 is 9.88 Å². The molecule has 66 valence electrons. The van der Waals surface area contributed by atoms with Crippen molar-refractivity contribution >= 4 is 11.6 Å².